The van der Waals surface area contributed by atoms with Crippen LogP contribution in [0.4, 0.5) is 15.8 Å². The Hall–Kier alpha value is -1.47. The number of rotatable bonds is 4. The SMILES string of the molecule is CC(Nc1cc([N+](=O)[O-])ccc1Br)c1ccc(F)c(Br)c1. The average molecular weight is 418 g/mol. The summed E-state index contributed by atoms with van der Waals surface area (Å²) < 4.78 is 14.3. The number of non-ortho nitro benzene ring substituents is 1. The Morgan fingerprint density at radius 2 is 1.90 bits per heavy atom. The van der Waals surface area contributed by atoms with Gasteiger partial charge in [-0.25, -0.2) is 4.39 Å². The highest BCUT2D eigenvalue weighted by atomic mass is 79.9. The Labute approximate surface area is 137 Å². The molecule has 0 amide bonds. The summed E-state index contributed by atoms with van der Waals surface area (Å²) in [6, 6.07) is 9.09. The van der Waals surface area contributed by atoms with E-state index in [0.29, 0.717) is 10.2 Å². The van der Waals surface area contributed by atoms with E-state index in [2.05, 4.69) is 37.2 Å². The van der Waals surface area contributed by atoms with Gasteiger partial charge in [0.2, 0.25) is 0 Å². The van der Waals surface area contributed by atoms with Crippen molar-refractivity contribution in [2.24, 2.45) is 0 Å². The van der Waals surface area contributed by atoms with Gasteiger partial charge >= 0.3 is 0 Å². The highest BCUT2D eigenvalue weighted by molar-refractivity contribution is 9.10. The number of nitrogens with zero attached hydrogens (tertiary/aromatic N) is 1. The molecule has 2 rings (SSSR count). The van der Waals surface area contributed by atoms with Crippen LogP contribution in [0.2, 0.25) is 0 Å². The molecule has 1 unspecified atom stereocenters. The Balaban J connectivity index is 2.26. The van der Waals surface area contributed by atoms with E-state index in [4.69, 9.17) is 0 Å². The van der Waals surface area contributed by atoms with Gasteiger partial charge in [-0.1, -0.05) is 6.07 Å². The first-order chi connectivity index (χ1) is 9.88. The highest BCUT2D eigenvalue weighted by Gasteiger charge is 2.13. The van der Waals surface area contributed by atoms with E-state index in [1.165, 1.54) is 18.2 Å². The molecule has 0 spiro atoms. The normalized spacial score (nSPS) is 12.0. The minimum absolute atomic E-state index is 0.00758. The molecule has 1 atom stereocenters. The molecule has 0 radical (unpaired) electrons. The molecule has 2 aromatic carbocycles. The van der Waals surface area contributed by atoms with E-state index in [1.807, 2.05) is 6.92 Å². The van der Waals surface area contributed by atoms with E-state index in [0.717, 1.165) is 10.0 Å². The second-order valence-corrected chi connectivity index (χ2v) is 6.17. The highest BCUT2D eigenvalue weighted by Crippen LogP contribution is 2.31. The lowest BCUT2D eigenvalue weighted by Gasteiger charge is -2.17. The first-order valence-electron chi connectivity index (χ1n) is 6.04. The lowest BCUT2D eigenvalue weighted by Crippen LogP contribution is -2.07. The van der Waals surface area contributed by atoms with Crippen LogP contribution < -0.4 is 5.32 Å². The number of hydrogen-bond acceptors (Lipinski definition) is 3. The standard InChI is InChI=1S/C14H11Br2FN2O2/c1-8(9-2-5-13(17)12(16)6-9)18-14-7-10(19(20)21)3-4-11(14)15/h2-8,18H,1H3. The van der Waals surface area contributed by atoms with Crippen LogP contribution in [0.1, 0.15) is 18.5 Å². The van der Waals surface area contributed by atoms with Gasteiger partial charge in [-0.2, -0.15) is 0 Å². The number of nitro benzene ring substituents is 1. The number of benzene rings is 2. The number of anilines is 1. The summed E-state index contributed by atoms with van der Waals surface area (Å²) in [6.45, 7) is 1.89. The Morgan fingerprint density at radius 3 is 2.52 bits per heavy atom. The third-order valence-corrected chi connectivity index (χ3v) is 4.28. The second kappa shape index (κ2) is 6.53. The van der Waals surface area contributed by atoms with Gasteiger partial charge in [0, 0.05) is 22.6 Å². The van der Waals surface area contributed by atoms with Crippen molar-refractivity contribution in [3.05, 3.63) is 66.8 Å². The molecule has 0 fully saturated rings. The van der Waals surface area contributed by atoms with Crippen molar-refractivity contribution >= 4 is 43.2 Å². The molecule has 4 nitrogen and oxygen atoms in total. The van der Waals surface area contributed by atoms with E-state index < -0.39 is 4.92 Å². The summed E-state index contributed by atoms with van der Waals surface area (Å²) in [5.74, 6) is -0.331. The van der Waals surface area contributed by atoms with Crippen molar-refractivity contribution < 1.29 is 9.31 Å². The van der Waals surface area contributed by atoms with Crippen molar-refractivity contribution in [2.45, 2.75) is 13.0 Å². The fourth-order valence-corrected chi connectivity index (χ4v) is 2.59. The van der Waals surface area contributed by atoms with E-state index in [9.17, 15) is 14.5 Å². The van der Waals surface area contributed by atoms with Crippen molar-refractivity contribution in [1.29, 1.82) is 0 Å². The van der Waals surface area contributed by atoms with Crippen LogP contribution in [0.5, 0.6) is 0 Å². The first-order valence-corrected chi connectivity index (χ1v) is 7.62. The molecule has 0 bridgehead atoms. The molecular weight excluding hydrogens is 407 g/mol. The monoisotopic (exact) mass is 416 g/mol. The second-order valence-electron chi connectivity index (χ2n) is 4.46. The third-order valence-electron chi connectivity index (χ3n) is 2.98. The zero-order valence-electron chi connectivity index (χ0n) is 10.9. The summed E-state index contributed by atoms with van der Waals surface area (Å²) in [4.78, 5) is 10.4. The molecule has 0 aliphatic rings. The molecule has 0 saturated heterocycles. The topological polar surface area (TPSA) is 55.2 Å². The predicted molar refractivity (Wildman–Crippen MR) is 86.9 cm³/mol. The quantitative estimate of drug-likeness (QED) is 0.532. The molecule has 0 heterocycles. The van der Waals surface area contributed by atoms with Gasteiger partial charge in [0.05, 0.1) is 15.1 Å². The van der Waals surface area contributed by atoms with Crippen LogP contribution in [-0.2, 0) is 0 Å². The fourth-order valence-electron chi connectivity index (χ4n) is 1.84. The molecule has 1 N–H and O–H groups in total. The van der Waals surface area contributed by atoms with Gasteiger partial charge in [0.1, 0.15) is 5.82 Å². The van der Waals surface area contributed by atoms with Gasteiger partial charge < -0.3 is 5.32 Å². The summed E-state index contributed by atoms with van der Waals surface area (Å²) in [5, 5.41) is 14.0. The van der Waals surface area contributed by atoms with E-state index >= 15 is 0 Å². The minimum Gasteiger partial charge on any atom is -0.377 e. The lowest BCUT2D eigenvalue weighted by atomic mass is 10.1. The first kappa shape index (κ1) is 15.9. The maximum atomic E-state index is 13.2. The van der Waals surface area contributed by atoms with Crippen molar-refractivity contribution in [3.63, 3.8) is 0 Å². The van der Waals surface area contributed by atoms with Gasteiger partial charge in [-0.05, 0) is 62.5 Å². The van der Waals surface area contributed by atoms with Crippen LogP contribution in [0.15, 0.2) is 45.3 Å². The van der Waals surface area contributed by atoms with E-state index in [-0.39, 0.29) is 17.5 Å². The lowest BCUT2D eigenvalue weighted by molar-refractivity contribution is -0.384. The molecule has 7 heteroatoms. The zero-order chi connectivity index (χ0) is 15.6. The van der Waals surface area contributed by atoms with Crippen LogP contribution in [0.3, 0.4) is 0 Å². The largest absolute Gasteiger partial charge is 0.377 e. The number of hydrogen-bond donors (Lipinski definition) is 1. The molecular formula is C14H11Br2FN2O2. The summed E-state index contributed by atoms with van der Waals surface area (Å²) in [6.07, 6.45) is 0. The maximum Gasteiger partial charge on any atom is 0.271 e. The van der Waals surface area contributed by atoms with Crippen molar-refractivity contribution in [3.8, 4) is 0 Å². The minimum atomic E-state index is -0.448. The van der Waals surface area contributed by atoms with E-state index in [1.54, 1.807) is 18.2 Å². The molecule has 110 valence electrons. The fraction of sp³-hybridized carbons (Fsp3) is 0.143. The number of nitrogens with one attached hydrogen (secondary N) is 1. The maximum absolute atomic E-state index is 13.2. The molecule has 21 heavy (non-hydrogen) atoms. The number of nitro groups is 1. The summed E-state index contributed by atoms with van der Waals surface area (Å²) >= 11 is 6.50. The predicted octanol–water partition coefficient (Wildman–Crippen LogP) is 5.43. The van der Waals surface area contributed by atoms with Crippen molar-refractivity contribution in [1.82, 2.24) is 0 Å². The molecule has 2 aromatic rings. The van der Waals surface area contributed by atoms with Crippen LogP contribution in [0, 0.1) is 15.9 Å². The van der Waals surface area contributed by atoms with Gasteiger partial charge in [-0.3, -0.25) is 10.1 Å². The van der Waals surface area contributed by atoms with Gasteiger partial charge in [-0.15, -0.1) is 0 Å². The Kier molecular flexibility index (Phi) is 4.95. The molecule has 0 aromatic heterocycles. The average Bonchev–Trinajstić information content (AvgIpc) is 2.43. The Morgan fingerprint density at radius 1 is 1.19 bits per heavy atom. The van der Waals surface area contributed by atoms with Crippen LogP contribution in [0.25, 0.3) is 0 Å². The number of halogens is 3. The Bertz CT molecular complexity index is 695. The van der Waals surface area contributed by atoms with Crippen molar-refractivity contribution in [2.75, 3.05) is 5.32 Å². The third kappa shape index (κ3) is 3.79. The summed E-state index contributed by atoms with van der Waals surface area (Å²) in [7, 11) is 0. The molecule has 0 aliphatic carbocycles. The molecule has 0 aliphatic heterocycles. The molecule has 0 saturated carbocycles. The van der Waals surface area contributed by atoms with Gasteiger partial charge in [0.25, 0.3) is 5.69 Å². The van der Waals surface area contributed by atoms with Crippen LogP contribution in [-0.4, -0.2) is 4.92 Å². The smallest absolute Gasteiger partial charge is 0.271 e. The van der Waals surface area contributed by atoms with Gasteiger partial charge in [0.15, 0.2) is 0 Å². The zero-order valence-corrected chi connectivity index (χ0v) is 14.1. The van der Waals surface area contributed by atoms with Crippen LogP contribution >= 0.6 is 31.9 Å². The summed E-state index contributed by atoms with van der Waals surface area (Å²) in [5.41, 5.74) is 1.48.